The Balaban J connectivity index is 1.63. The van der Waals surface area contributed by atoms with E-state index in [1.165, 1.54) is 0 Å². The number of carbonyl (C=O) groups is 1. The second kappa shape index (κ2) is 8.07. The molecule has 156 valence electrons. The molecule has 3 atom stereocenters. The molecule has 7 heteroatoms. The number of anilines is 1. The zero-order valence-electron chi connectivity index (χ0n) is 17.3. The number of hydrogen-bond acceptors (Lipinski definition) is 5. The topological polar surface area (TPSA) is 88.0 Å². The highest BCUT2D eigenvalue weighted by Gasteiger charge is 2.43. The third kappa shape index (κ3) is 4.03. The third-order valence-corrected chi connectivity index (χ3v) is 5.52. The van der Waals surface area contributed by atoms with E-state index in [0.29, 0.717) is 23.4 Å². The second-order valence-corrected chi connectivity index (χ2v) is 7.96. The minimum atomic E-state index is -1.04. The highest BCUT2D eigenvalue weighted by molar-refractivity contribution is 5.95. The molecule has 0 aromatic carbocycles. The van der Waals surface area contributed by atoms with Crippen molar-refractivity contribution in [3.05, 3.63) is 47.5 Å². The number of carbonyl (C=O) groups excluding carboxylic acids is 1. The van der Waals surface area contributed by atoms with Crippen LogP contribution in [0.15, 0.2) is 30.6 Å². The molecular weight excluding hydrogens is 383 g/mol. The maximum absolute atomic E-state index is 13.1. The van der Waals surface area contributed by atoms with Crippen molar-refractivity contribution in [2.45, 2.75) is 52.3 Å². The minimum absolute atomic E-state index is 0.280. The highest BCUT2D eigenvalue weighted by Crippen LogP contribution is 2.35. The van der Waals surface area contributed by atoms with Crippen LogP contribution in [0, 0.1) is 19.8 Å². The molecule has 1 aliphatic carbocycles. The van der Waals surface area contributed by atoms with Gasteiger partial charge in [0.05, 0.1) is 23.2 Å². The molecule has 6 nitrogen and oxygen atoms in total. The summed E-state index contributed by atoms with van der Waals surface area (Å²) in [5.41, 5.74) is 5.12. The molecule has 0 aliphatic heterocycles. The van der Waals surface area contributed by atoms with E-state index in [9.17, 15) is 14.3 Å². The van der Waals surface area contributed by atoms with Gasteiger partial charge < -0.3 is 10.4 Å². The van der Waals surface area contributed by atoms with Crippen molar-refractivity contribution in [3.63, 3.8) is 0 Å². The fourth-order valence-corrected chi connectivity index (χ4v) is 3.62. The molecule has 30 heavy (non-hydrogen) atoms. The van der Waals surface area contributed by atoms with Gasteiger partial charge in [-0.3, -0.25) is 14.8 Å². The number of rotatable bonds is 6. The number of aliphatic hydroxyl groups is 1. The third-order valence-electron chi connectivity index (χ3n) is 5.52. The van der Waals surface area contributed by atoms with Gasteiger partial charge in [0.2, 0.25) is 5.91 Å². The molecule has 0 radical (unpaired) electrons. The summed E-state index contributed by atoms with van der Waals surface area (Å²) < 4.78 is 13.1. The first-order valence-electron chi connectivity index (χ1n) is 10.2. The van der Waals surface area contributed by atoms with Crippen molar-refractivity contribution in [3.8, 4) is 11.1 Å². The molecule has 1 unspecified atom stereocenters. The van der Waals surface area contributed by atoms with E-state index in [4.69, 9.17) is 0 Å². The van der Waals surface area contributed by atoms with E-state index in [-0.39, 0.29) is 12.3 Å². The Labute approximate surface area is 174 Å². The van der Waals surface area contributed by atoms with Crippen LogP contribution >= 0.6 is 0 Å². The fraction of sp³-hybridized carbons (Fsp3) is 0.391. The van der Waals surface area contributed by atoms with Crippen LogP contribution in [0.3, 0.4) is 0 Å². The Bertz CT molecular complexity index is 1120. The summed E-state index contributed by atoms with van der Waals surface area (Å²) in [4.78, 5) is 25.4. The Morgan fingerprint density at radius 3 is 2.67 bits per heavy atom. The molecule has 1 amide bonds. The molecule has 0 bridgehead atoms. The first-order valence-corrected chi connectivity index (χ1v) is 10.2. The van der Waals surface area contributed by atoms with E-state index in [2.05, 4.69) is 20.3 Å². The lowest BCUT2D eigenvalue weighted by atomic mass is 9.98. The standard InChI is InChI=1S/C23H25FN4O2/c1-4-5-21(29)20-6-12(2)17(11-25-20)15-7-14-10-26-22(9-19(14)27-13(15)3)28-23(30)16-8-18(16)24/h6-7,9-11,16,18,21,29H,4-5,8H2,1-3H3,(H,26,28,30)/t16-,18+,21?/m0/s1. The van der Waals surface area contributed by atoms with Gasteiger partial charge in [0.25, 0.3) is 0 Å². The van der Waals surface area contributed by atoms with Crippen molar-refractivity contribution in [2.75, 3.05) is 5.32 Å². The molecule has 3 aromatic rings. The number of pyridine rings is 3. The van der Waals surface area contributed by atoms with Crippen molar-refractivity contribution in [1.82, 2.24) is 15.0 Å². The summed E-state index contributed by atoms with van der Waals surface area (Å²) in [6.07, 6.45) is 3.69. The average Bonchev–Trinajstić information content (AvgIpc) is 3.44. The lowest BCUT2D eigenvalue weighted by Gasteiger charge is -2.14. The van der Waals surface area contributed by atoms with E-state index >= 15 is 0 Å². The summed E-state index contributed by atoms with van der Waals surface area (Å²) >= 11 is 0. The van der Waals surface area contributed by atoms with Gasteiger partial charge in [0.15, 0.2) is 0 Å². The lowest BCUT2D eigenvalue weighted by molar-refractivity contribution is -0.117. The highest BCUT2D eigenvalue weighted by atomic mass is 19.1. The normalized spacial score (nSPS) is 19.0. The monoisotopic (exact) mass is 408 g/mol. The number of aliphatic hydroxyl groups excluding tert-OH is 1. The van der Waals surface area contributed by atoms with Crippen LogP contribution in [0.2, 0.25) is 0 Å². The number of aromatic nitrogens is 3. The molecule has 1 aliphatic rings. The number of aryl methyl sites for hydroxylation is 2. The van der Waals surface area contributed by atoms with Gasteiger partial charge in [-0.15, -0.1) is 0 Å². The van der Waals surface area contributed by atoms with Gasteiger partial charge >= 0.3 is 0 Å². The summed E-state index contributed by atoms with van der Waals surface area (Å²) in [5, 5.41) is 13.7. The van der Waals surface area contributed by atoms with Gasteiger partial charge in [-0.1, -0.05) is 13.3 Å². The number of alkyl halides is 1. The van der Waals surface area contributed by atoms with Crippen LogP contribution in [0.1, 0.15) is 49.2 Å². The van der Waals surface area contributed by atoms with E-state index in [1.54, 1.807) is 18.5 Å². The van der Waals surface area contributed by atoms with Crippen molar-refractivity contribution in [2.24, 2.45) is 5.92 Å². The Kier molecular flexibility index (Phi) is 5.47. The zero-order chi connectivity index (χ0) is 21.4. The van der Waals surface area contributed by atoms with Gasteiger partial charge in [0, 0.05) is 40.7 Å². The van der Waals surface area contributed by atoms with E-state index in [1.807, 2.05) is 32.9 Å². The predicted molar refractivity (Wildman–Crippen MR) is 114 cm³/mol. The van der Waals surface area contributed by atoms with Crippen LogP contribution < -0.4 is 5.32 Å². The maximum Gasteiger partial charge on any atom is 0.231 e. The molecule has 2 N–H and O–H groups in total. The summed E-state index contributed by atoms with van der Waals surface area (Å²) in [6.45, 7) is 5.95. The minimum Gasteiger partial charge on any atom is -0.387 e. The molecule has 3 heterocycles. The van der Waals surface area contributed by atoms with Crippen LogP contribution in [0.5, 0.6) is 0 Å². The maximum atomic E-state index is 13.1. The molecule has 3 aromatic heterocycles. The molecule has 4 rings (SSSR count). The number of nitrogens with zero attached hydrogens (tertiary/aromatic N) is 3. The van der Waals surface area contributed by atoms with Crippen molar-refractivity contribution in [1.29, 1.82) is 0 Å². The predicted octanol–water partition coefficient (Wildman–Crippen LogP) is 4.44. The van der Waals surface area contributed by atoms with Gasteiger partial charge in [-0.2, -0.15) is 0 Å². The van der Waals surface area contributed by atoms with E-state index in [0.717, 1.165) is 34.2 Å². The number of nitrogens with one attached hydrogen (secondary N) is 1. The largest absolute Gasteiger partial charge is 0.387 e. The number of amides is 1. The Morgan fingerprint density at radius 2 is 2.00 bits per heavy atom. The van der Waals surface area contributed by atoms with E-state index < -0.39 is 18.2 Å². The van der Waals surface area contributed by atoms with Crippen molar-refractivity contribution >= 4 is 22.6 Å². The lowest BCUT2D eigenvalue weighted by Crippen LogP contribution is -2.15. The summed E-state index contributed by atoms with van der Waals surface area (Å²) in [5.74, 6) is -0.526. The molecule has 1 saturated carbocycles. The molecular formula is C23H25FN4O2. The quantitative estimate of drug-likeness (QED) is 0.630. The average molecular weight is 408 g/mol. The van der Waals surface area contributed by atoms with Crippen molar-refractivity contribution < 1.29 is 14.3 Å². The zero-order valence-corrected chi connectivity index (χ0v) is 17.3. The summed E-state index contributed by atoms with van der Waals surface area (Å²) in [6, 6.07) is 5.63. The number of hydrogen-bond donors (Lipinski definition) is 2. The SMILES string of the molecule is CCCC(O)c1cc(C)c(-c2cc3cnc(NC(=O)[C@H]4C[C@H]4F)cc3nc2C)cn1. The van der Waals surface area contributed by atoms with Gasteiger partial charge in [-0.05, 0) is 44.4 Å². The fourth-order valence-electron chi connectivity index (χ4n) is 3.62. The first kappa shape index (κ1) is 20.3. The van der Waals surface area contributed by atoms with Gasteiger partial charge in [0.1, 0.15) is 12.0 Å². The summed E-state index contributed by atoms with van der Waals surface area (Å²) in [7, 11) is 0. The number of fused-ring (bicyclic) bond motifs is 1. The van der Waals surface area contributed by atoms with Crippen LogP contribution in [-0.4, -0.2) is 32.1 Å². The van der Waals surface area contributed by atoms with Crippen LogP contribution in [0.4, 0.5) is 10.2 Å². The second-order valence-electron chi connectivity index (χ2n) is 7.96. The molecule has 0 spiro atoms. The Morgan fingerprint density at radius 1 is 1.23 bits per heavy atom. The Hall–Kier alpha value is -2.93. The molecule has 0 saturated heterocycles. The first-order chi connectivity index (χ1) is 14.4. The van der Waals surface area contributed by atoms with Crippen LogP contribution in [0.25, 0.3) is 22.0 Å². The van der Waals surface area contributed by atoms with Gasteiger partial charge in [-0.25, -0.2) is 9.37 Å². The molecule has 1 fully saturated rings. The van der Waals surface area contributed by atoms with Crippen LogP contribution in [-0.2, 0) is 4.79 Å². The number of halogens is 1. The smallest absolute Gasteiger partial charge is 0.231 e.